The normalized spacial score (nSPS) is 16.9. The summed E-state index contributed by atoms with van der Waals surface area (Å²) < 4.78 is 0. The van der Waals surface area contributed by atoms with Gasteiger partial charge in [0.25, 0.3) is 0 Å². The molecule has 2 rings (SSSR count). The highest BCUT2D eigenvalue weighted by molar-refractivity contribution is 5.78. The summed E-state index contributed by atoms with van der Waals surface area (Å²) in [4.78, 5) is 14.1. The Bertz CT molecular complexity index is 496. The predicted octanol–water partition coefficient (Wildman–Crippen LogP) is 2.10. The molecule has 122 valence electrons. The first-order chi connectivity index (χ1) is 10.5. The van der Waals surface area contributed by atoms with Crippen molar-refractivity contribution < 1.29 is 9.90 Å². The Morgan fingerprint density at radius 3 is 2.64 bits per heavy atom. The monoisotopic (exact) mass is 304 g/mol. The molecule has 1 aromatic carbocycles. The number of aryl methyl sites for hydroxylation is 1. The number of carbonyl (C=O) groups excluding carboxylic acids is 1. The van der Waals surface area contributed by atoms with Crippen LogP contribution in [0.1, 0.15) is 36.8 Å². The van der Waals surface area contributed by atoms with E-state index >= 15 is 0 Å². The Balaban J connectivity index is 1.78. The molecule has 0 spiro atoms. The number of amides is 1. The van der Waals surface area contributed by atoms with Crippen molar-refractivity contribution in [2.24, 2.45) is 5.41 Å². The standard InChI is InChI=1S/C18H28N2O2/c1-15-7-3-4-8-16(15)11-19-17(22)12-20(2)13-18(14-21)9-5-6-10-18/h3-4,7-8,21H,5-6,9-14H2,1-2H3,(H,19,22). The third-order valence-electron chi connectivity index (χ3n) is 4.76. The molecule has 0 aromatic heterocycles. The zero-order valence-electron chi connectivity index (χ0n) is 13.8. The van der Waals surface area contributed by atoms with Crippen molar-refractivity contribution in [1.82, 2.24) is 10.2 Å². The van der Waals surface area contributed by atoms with Crippen LogP contribution in [0, 0.1) is 12.3 Å². The molecule has 1 aliphatic rings. The highest BCUT2D eigenvalue weighted by Gasteiger charge is 2.34. The molecular weight excluding hydrogens is 276 g/mol. The van der Waals surface area contributed by atoms with Crippen LogP contribution in [0.2, 0.25) is 0 Å². The van der Waals surface area contributed by atoms with Gasteiger partial charge < -0.3 is 10.4 Å². The lowest BCUT2D eigenvalue weighted by Gasteiger charge is -2.31. The first kappa shape index (κ1) is 17.0. The highest BCUT2D eigenvalue weighted by atomic mass is 16.3. The number of benzene rings is 1. The van der Waals surface area contributed by atoms with E-state index in [1.165, 1.54) is 18.4 Å². The van der Waals surface area contributed by atoms with Crippen LogP contribution in [0.3, 0.4) is 0 Å². The van der Waals surface area contributed by atoms with Crippen LogP contribution in [-0.2, 0) is 11.3 Å². The Morgan fingerprint density at radius 1 is 1.32 bits per heavy atom. The van der Waals surface area contributed by atoms with Gasteiger partial charge >= 0.3 is 0 Å². The van der Waals surface area contributed by atoms with E-state index < -0.39 is 0 Å². The molecule has 1 fully saturated rings. The third-order valence-corrected chi connectivity index (χ3v) is 4.76. The van der Waals surface area contributed by atoms with Gasteiger partial charge in [-0.3, -0.25) is 9.69 Å². The number of hydrogen-bond acceptors (Lipinski definition) is 3. The van der Waals surface area contributed by atoms with Crippen LogP contribution in [0.25, 0.3) is 0 Å². The van der Waals surface area contributed by atoms with Crippen molar-refractivity contribution in [3.8, 4) is 0 Å². The van der Waals surface area contributed by atoms with Crippen molar-refractivity contribution in [1.29, 1.82) is 0 Å². The van der Waals surface area contributed by atoms with Crippen LogP contribution < -0.4 is 5.32 Å². The lowest BCUT2D eigenvalue weighted by molar-refractivity contribution is -0.122. The van der Waals surface area contributed by atoms with E-state index in [0.717, 1.165) is 24.9 Å². The topological polar surface area (TPSA) is 52.6 Å². The number of likely N-dealkylation sites (N-methyl/N-ethyl adjacent to an activating group) is 1. The molecule has 1 saturated carbocycles. The Hall–Kier alpha value is -1.39. The second-order valence-electron chi connectivity index (χ2n) is 6.74. The molecule has 0 heterocycles. The van der Waals surface area contributed by atoms with Gasteiger partial charge in [-0.05, 0) is 37.9 Å². The third kappa shape index (κ3) is 4.55. The van der Waals surface area contributed by atoms with Gasteiger partial charge in [-0.1, -0.05) is 37.1 Å². The van der Waals surface area contributed by atoms with E-state index in [0.29, 0.717) is 13.1 Å². The maximum atomic E-state index is 12.1. The number of nitrogens with one attached hydrogen (secondary N) is 1. The van der Waals surface area contributed by atoms with Gasteiger partial charge in [0.2, 0.25) is 5.91 Å². The summed E-state index contributed by atoms with van der Waals surface area (Å²) in [5.74, 6) is 0.0387. The van der Waals surface area contributed by atoms with Gasteiger partial charge in [-0.15, -0.1) is 0 Å². The Kier molecular flexibility index (Phi) is 5.98. The van der Waals surface area contributed by atoms with Crippen molar-refractivity contribution in [2.75, 3.05) is 26.7 Å². The SMILES string of the molecule is Cc1ccccc1CNC(=O)CN(C)CC1(CO)CCCC1. The van der Waals surface area contributed by atoms with Crippen LogP contribution >= 0.6 is 0 Å². The molecule has 4 heteroatoms. The van der Waals surface area contributed by atoms with E-state index in [1.807, 2.05) is 30.1 Å². The van der Waals surface area contributed by atoms with Crippen molar-refractivity contribution in [3.63, 3.8) is 0 Å². The minimum absolute atomic E-state index is 0.00501. The Labute approximate surface area is 133 Å². The summed E-state index contributed by atoms with van der Waals surface area (Å²) >= 11 is 0. The quantitative estimate of drug-likeness (QED) is 0.811. The van der Waals surface area contributed by atoms with Crippen molar-refractivity contribution >= 4 is 5.91 Å². The van der Waals surface area contributed by atoms with E-state index in [4.69, 9.17) is 0 Å². The smallest absolute Gasteiger partial charge is 0.234 e. The summed E-state index contributed by atoms with van der Waals surface area (Å²) in [6.07, 6.45) is 4.51. The average molecular weight is 304 g/mol. The summed E-state index contributed by atoms with van der Waals surface area (Å²) in [6, 6.07) is 8.09. The molecule has 0 bridgehead atoms. The molecular formula is C18H28N2O2. The first-order valence-electron chi connectivity index (χ1n) is 8.15. The predicted molar refractivity (Wildman–Crippen MR) is 88.5 cm³/mol. The fourth-order valence-corrected chi connectivity index (χ4v) is 3.42. The molecule has 0 radical (unpaired) electrons. The largest absolute Gasteiger partial charge is 0.396 e. The minimum atomic E-state index is 0.00501. The molecule has 0 aliphatic heterocycles. The fraction of sp³-hybridized carbons (Fsp3) is 0.611. The molecule has 0 unspecified atom stereocenters. The molecule has 1 aliphatic carbocycles. The molecule has 4 nitrogen and oxygen atoms in total. The van der Waals surface area contributed by atoms with E-state index in [-0.39, 0.29) is 17.9 Å². The lowest BCUT2D eigenvalue weighted by Crippen LogP contribution is -2.41. The summed E-state index contributed by atoms with van der Waals surface area (Å²) in [6.45, 7) is 4.03. The fourth-order valence-electron chi connectivity index (χ4n) is 3.42. The lowest BCUT2D eigenvalue weighted by atomic mass is 9.87. The van der Waals surface area contributed by atoms with Gasteiger partial charge in [0.15, 0.2) is 0 Å². The number of aliphatic hydroxyl groups is 1. The van der Waals surface area contributed by atoms with E-state index in [1.54, 1.807) is 0 Å². The van der Waals surface area contributed by atoms with Crippen molar-refractivity contribution in [3.05, 3.63) is 35.4 Å². The summed E-state index contributed by atoms with van der Waals surface area (Å²) in [5.41, 5.74) is 2.35. The van der Waals surface area contributed by atoms with Gasteiger partial charge in [-0.25, -0.2) is 0 Å². The second-order valence-corrected chi connectivity index (χ2v) is 6.74. The van der Waals surface area contributed by atoms with Gasteiger partial charge in [0, 0.05) is 25.1 Å². The van der Waals surface area contributed by atoms with Crippen LogP contribution in [0.5, 0.6) is 0 Å². The molecule has 1 aromatic rings. The average Bonchev–Trinajstić information content (AvgIpc) is 2.95. The Morgan fingerprint density at radius 2 is 2.00 bits per heavy atom. The van der Waals surface area contributed by atoms with Gasteiger partial charge in [-0.2, -0.15) is 0 Å². The first-order valence-corrected chi connectivity index (χ1v) is 8.15. The van der Waals surface area contributed by atoms with Crippen LogP contribution in [0.4, 0.5) is 0 Å². The molecule has 1 amide bonds. The molecule has 0 saturated heterocycles. The number of nitrogens with zero attached hydrogens (tertiary/aromatic N) is 1. The number of carbonyl (C=O) groups is 1. The number of rotatable bonds is 7. The van der Waals surface area contributed by atoms with Gasteiger partial charge in [0.1, 0.15) is 0 Å². The maximum Gasteiger partial charge on any atom is 0.234 e. The minimum Gasteiger partial charge on any atom is -0.396 e. The zero-order valence-corrected chi connectivity index (χ0v) is 13.8. The number of aliphatic hydroxyl groups excluding tert-OH is 1. The van der Waals surface area contributed by atoms with Gasteiger partial charge in [0.05, 0.1) is 6.54 Å². The summed E-state index contributed by atoms with van der Waals surface area (Å²) in [7, 11) is 1.96. The van der Waals surface area contributed by atoms with Crippen LogP contribution in [0.15, 0.2) is 24.3 Å². The number of hydrogen-bond donors (Lipinski definition) is 2. The van der Waals surface area contributed by atoms with Crippen LogP contribution in [-0.4, -0.2) is 42.7 Å². The molecule has 2 N–H and O–H groups in total. The highest BCUT2D eigenvalue weighted by Crippen LogP contribution is 2.37. The zero-order chi connectivity index (χ0) is 16.0. The van der Waals surface area contributed by atoms with Crippen molar-refractivity contribution in [2.45, 2.75) is 39.2 Å². The second kappa shape index (κ2) is 7.75. The maximum absolute atomic E-state index is 12.1. The molecule has 0 atom stereocenters. The summed E-state index contributed by atoms with van der Waals surface area (Å²) in [5, 5.41) is 12.6. The van der Waals surface area contributed by atoms with E-state index in [9.17, 15) is 9.90 Å². The molecule has 22 heavy (non-hydrogen) atoms. The van der Waals surface area contributed by atoms with E-state index in [2.05, 4.69) is 18.3 Å².